The molecular formula is C21H24ClNO4. The minimum Gasteiger partial charge on any atom is -0.504 e. The highest BCUT2D eigenvalue weighted by atomic mass is 35.5. The molecule has 0 spiro atoms. The Kier molecular flexibility index (Phi) is 6.24. The standard InChI is InChI=1S/C21H24ClNO4/c1-3-8-26-14(2)21(25)23-7-9-27-20-17(13-23)10-16(12-19(20)24)15-5-4-6-18(22)11-15/h4-6,10-12,14,24H,3,7-9,13H2,1-2H3. The van der Waals surface area contributed by atoms with Crippen LogP contribution < -0.4 is 4.74 Å². The first-order chi connectivity index (χ1) is 13.0. The topological polar surface area (TPSA) is 59.0 Å². The molecule has 1 aliphatic rings. The minimum absolute atomic E-state index is 0.0621. The minimum atomic E-state index is -0.504. The normalized spacial score (nSPS) is 14.9. The first-order valence-electron chi connectivity index (χ1n) is 9.14. The highest BCUT2D eigenvalue weighted by molar-refractivity contribution is 6.30. The van der Waals surface area contributed by atoms with Gasteiger partial charge in [0.1, 0.15) is 12.7 Å². The van der Waals surface area contributed by atoms with E-state index >= 15 is 0 Å². The first-order valence-corrected chi connectivity index (χ1v) is 9.52. The maximum absolute atomic E-state index is 12.7. The van der Waals surface area contributed by atoms with Gasteiger partial charge in [-0.3, -0.25) is 4.79 Å². The first kappa shape index (κ1) is 19.5. The lowest BCUT2D eigenvalue weighted by molar-refractivity contribution is -0.143. The molecule has 1 aliphatic heterocycles. The Morgan fingerprint density at radius 2 is 2.15 bits per heavy atom. The average Bonchev–Trinajstić information content (AvgIpc) is 2.88. The van der Waals surface area contributed by atoms with Crippen LogP contribution in [0.2, 0.25) is 5.02 Å². The summed E-state index contributed by atoms with van der Waals surface area (Å²) in [5.74, 6) is 0.415. The number of hydrogen-bond donors (Lipinski definition) is 1. The van der Waals surface area contributed by atoms with Crippen molar-refractivity contribution >= 4 is 17.5 Å². The van der Waals surface area contributed by atoms with Gasteiger partial charge in [0.2, 0.25) is 0 Å². The van der Waals surface area contributed by atoms with Crippen molar-refractivity contribution in [3.05, 3.63) is 47.0 Å². The van der Waals surface area contributed by atoms with Gasteiger partial charge in [-0.05, 0) is 48.7 Å². The summed E-state index contributed by atoms with van der Waals surface area (Å²) in [5, 5.41) is 11.1. The summed E-state index contributed by atoms with van der Waals surface area (Å²) < 4.78 is 11.3. The van der Waals surface area contributed by atoms with E-state index in [1.54, 1.807) is 24.0 Å². The fraction of sp³-hybridized carbons (Fsp3) is 0.381. The van der Waals surface area contributed by atoms with Crippen LogP contribution in [0.1, 0.15) is 25.8 Å². The van der Waals surface area contributed by atoms with Gasteiger partial charge >= 0.3 is 0 Å². The number of benzene rings is 2. The Bertz CT molecular complexity index is 824. The molecule has 5 nitrogen and oxygen atoms in total. The fourth-order valence-electron chi connectivity index (χ4n) is 3.14. The second-order valence-electron chi connectivity index (χ2n) is 6.62. The van der Waals surface area contributed by atoms with Gasteiger partial charge in [0, 0.05) is 23.7 Å². The number of nitrogens with zero attached hydrogens (tertiary/aromatic N) is 1. The highest BCUT2D eigenvalue weighted by Gasteiger charge is 2.26. The lowest BCUT2D eigenvalue weighted by Gasteiger charge is -2.24. The van der Waals surface area contributed by atoms with Crippen LogP contribution >= 0.6 is 11.6 Å². The molecule has 3 rings (SSSR count). The van der Waals surface area contributed by atoms with Gasteiger partial charge in [0.05, 0.1) is 6.54 Å². The Hall–Kier alpha value is -2.24. The molecule has 0 fully saturated rings. The van der Waals surface area contributed by atoms with Crippen molar-refractivity contribution in [1.29, 1.82) is 0 Å². The molecule has 0 aliphatic carbocycles. The van der Waals surface area contributed by atoms with Gasteiger partial charge in [0.15, 0.2) is 11.5 Å². The van der Waals surface area contributed by atoms with Gasteiger partial charge < -0.3 is 19.5 Å². The van der Waals surface area contributed by atoms with Crippen LogP contribution in [0.5, 0.6) is 11.5 Å². The molecule has 0 saturated carbocycles. The summed E-state index contributed by atoms with van der Waals surface area (Å²) in [5.41, 5.74) is 2.47. The number of carbonyl (C=O) groups excluding carboxylic acids is 1. The molecule has 6 heteroatoms. The van der Waals surface area contributed by atoms with Crippen molar-refractivity contribution in [2.24, 2.45) is 0 Å². The lowest BCUT2D eigenvalue weighted by atomic mass is 10.0. The van der Waals surface area contributed by atoms with Crippen LogP contribution in [0, 0.1) is 0 Å². The van der Waals surface area contributed by atoms with E-state index in [9.17, 15) is 9.90 Å². The molecule has 0 radical (unpaired) electrons. The molecule has 1 atom stereocenters. The molecule has 0 bridgehead atoms. The number of carbonyl (C=O) groups is 1. The maximum atomic E-state index is 12.7. The van der Waals surface area contributed by atoms with Gasteiger partial charge in [-0.25, -0.2) is 0 Å². The van der Waals surface area contributed by atoms with Crippen LogP contribution in [-0.4, -0.2) is 41.8 Å². The predicted molar refractivity (Wildman–Crippen MR) is 105 cm³/mol. The third-order valence-corrected chi connectivity index (χ3v) is 4.74. The summed E-state index contributed by atoms with van der Waals surface area (Å²) >= 11 is 6.09. The molecule has 1 unspecified atom stereocenters. The van der Waals surface area contributed by atoms with E-state index in [1.165, 1.54) is 0 Å². The highest BCUT2D eigenvalue weighted by Crippen LogP contribution is 2.38. The summed E-state index contributed by atoms with van der Waals surface area (Å²) in [6.07, 6.45) is 0.358. The number of ether oxygens (including phenoxy) is 2. The van der Waals surface area contributed by atoms with E-state index in [4.69, 9.17) is 21.1 Å². The van der Waals surface area contributed by atoms with E-state index in [0.717, 1.165) is 23.1 Å². The van der Waals surface area contributed by atoms with Crippen LogP contribution in [-0.2, 0) is 16.1 Å². The van der Waals surface area contributed by atoms with Crippen LogP contribution in [0.3, 0.4) is 0 Å². The van der Waals surface area contributed by atoms with E-state index in [-0.39, 0.29) is 11.7 Å². The van der Waals surface area contributed by atoms with Gasteiger partial charge in [-0.1, -0.05) is 30.7 Å². The second kappa shape index (κ2) is 8.63. The maximum Gasteiger partial charge on any atom is 0.251 e. The lowest BCUT2D eigenvalue weighted by Crippen LogP contribution is -2.40. The van der Waals surface area contributed by atoms with Gasteiger partial charge in [-0.2, -0.15) is 0 Å². The van der Waals surface area contributed by atoms with Crippen LogP contribution in [0.15, 0.2) is 36.4 Å². The van der Waals surface area contributed by atoms with Crippen LogP contribution in [0.4, 0.5) is 0 Å². The number of phenolic OH excluding ortho intramolecular Hbond substituents is 1. The molecule has 1 amide bonds. The second-order valence-corrected chi connectivity index (χ2v) is 7.05. The van der Waals surface area contributed by atoms with Crippen molar-refractivity contribution in [2.75, 3.05) is 19.8 Å². The predicted octanol–water partition coefficient (Wildman–Crippen LogP) is 4.25. The smallest absolute Gasteiger partial charge is 0.251 e. The zero-order valence-corrected chi connectivity index (χ0v) is 16.3. The van der Waals surface area contributed by atoms with E-state index in [1.807, 2.05) is 31.2 Å². The van der Waals surface area contributed by atoms with E-state index in [2.05, 4.69) is 0 Å². The monoisotopic (exact) mass is 389 g/mol. The number of phenols is 1. The molecule has 144 valence electrons. The fourth-order valence-corrected chi connectivity index (χ4v) is 3.34. The molecule has 2 aromatic rings. The number of fused-ring (bicyclic) bond motifs is 1. The summed E-state index contributed by atoms with van der Waals surface area (Å²) in [4.78, 5) is 14.4. The van der Waals surface area contributed by atoms with E-state index < -0.39 is 6.10 Å². The van der Waals surface area contributed by atoms with Gasteiger partial charge in [-0.15, -0.1) is 0 Å². The quantitative estimate of drug-likeness (QED) is 0.830. The number of rotatable bonds is 5. The molecule has 2 aromatic carbocycles. The number of amides is 1. The number of halogens is 1. The summed E-state index contributed by atoms with van der Waals surface area (Å²) in [7, 11) is 0. The zero-order chi connectivity index (χ0) is 19.4. The van der Waals surface area contributed by atoms with Gasteiger partial charge in [0.25, 0.3) is 5.91 Å². The Morgan fingerprint density at radius 1 is 1.33 bits per heavy atom. The third kappa shape index (κ3) is 4.54. The summed E-state index contributed by atoms with van der Waals surface area (Å²) in [6.45, 7) is 5.45. The third-order valence-electron chi connectivity index (χ3n) is 4.50. The molecule has 27 heavy (non-hydrogen) atoms. The zero-order valence-electron chi connectivity index (χ0n) is 15.6. The van der Waals surface area contributed by atoms with Crippen molar-refractivity contribution in [1.82, 2.24) is 4.90 Å². The van der Waals surface area contributed by atoms with Crippen molar-refractivity contribution in [3.8, 4) is 22.6 Å². The van der Waals surface area contributed by atoms with Crippen molar-refractivity contribution in [2.45, 2.75) is 32.9 Å². The van der Waals surface area contributed by atoms with Crippen molar-refractivity contribution < 1.29 is 19.4 Å². The largest absolute Gasteiger partial charge is 0.504 e. The molecule has 0 aromatic heterocycles. The SMILES string of the molecule is CCCOC(C)C(=O)N1CCOc2c(O)cc(-c3cccc(Cl)c3)cc2C1. The average molecular weight is 390 g/mol. The van der Waals surface area contributed by atoms with E-state index in [0.29, 0.717) is 37.1 Å². The Labute approximate surface area is 164 Å². The molecule has 1 N–H and O–H groups in total. The summed E-state index contributed by atoms with van der Waals surface area (Å²) in [6, 6.07) is 11.0. The van der Waals surface area contributed by atoms with Crippen molar-refractivity contribution in [3.63, 3.8) is 0 Å². The Balaban J connectivity index is 1.88. The Morgan fingerprint density at radius 3 is 2.89 bits per heavy atom. The number of hydrogen-bond acceptors (Lipinski definition) is 4. The molecule has 0 saturated heterocycles. The number of aromatic hydroxyl groups is 1. The molecule has 1 heterocycles. The molecular weight excluding hydrogens is 366 g/mol. The van der Waals surface area contributed by atoms with Crippen LogP contribution in [0.25, 0.3) is 11.1 Å².